The van der Waals surface area contributed by atoms with Crippen molar-refractivity contribution in [2.24, 2.45) is 11.5 Å². The van der Waals surface area contributed by atoms with Crippen LogP contribution in [-0.4, -0.2) is 14.8 Å². The molecule has 0 aromatic rings. The molecule has 0 aromatic carbocycles. The number of halogens is 4. The van der Waals surface area contributed by atoms with Crippen LogP contribution in [0, 0.1) is 0 Å². The monoisotopic (exact) mass is 224 g/mol. The van der Waals surface area contributed by atoms with Crippen molar-refractivity contribution in [3.63, 3.8) is 0 Å². The predicted molar refractivity (Wildman–Crippen MR) is 46.7 cm³/mol. The summed E-state index contributed by atoms with van der Waals surface area (Å²) in [6.07, 6.45) is 0. The first-order valence-corrected chi connectivity index (χ1v) is 4.06. The summed E-state index contributed by atoms with van der Waals surface area (Å²) in [6, 6.07) is 0. The zero-order valence-electron chi connectivity index (χ0n) is 5.24. The number of rotatable bonds is 2. The fourth-order valence-corrected chi connectivity index (χ4v) is 0.931. The molecule has 0 bridgehead atoms. The van der Waals surface area contributed by atoms with Crippen LogP contribution in [0.25, 0.3) is 0 Å². The van der Waals surface area contributed by atoms with E-state index in [1.807, 2.05) is 0 Å². The highest BCUT2D eigenvalue weighted by Crippen LogP contribution is 2.33. The van der Waals surface area contributed by atoms with Gasteiger partial charge in [-0.3, -0.25) is 5.73 Å². The van der Waals surface area contributed by atoms with E-state index in [-0.39, 0.29) is 0 Å². The molecule has 0 radical (unpaired) electrons. The average Bonchev–Trinajstić information content (AvgIpc) is 1.62. The van der Waals surface area contributed by atoms with Crippen molar-refractivity contribution in [3.8, 4) is 0 Å². The van der Waals surface area contributed by atoms with E-state index in [0.717, 1.165) is 0 Å². The first-order valence-electron chi connectivity index (χ1n) is 2.43. The van der Waals surface area contributed by atoms with Crippen LogP contribution in [-0.2, 0) is 0 Å². The summed E-state index contributed by atoms with van der Waals surface area (Å²) in [4.78, 5) is -0.910. The van der Waals surface area contributed by atoms with Gasteiger partial charge in [0, 0.05) is 0 Å². The van der Waals surface area contributed by atoms with Crippen molar-refractivity contribution in [3.05, 3.63) is 0 Å². The topological polar surface area (TPSA) is 52.0 Å². The molecule has 0 aliphatic heterocycles. The second-order valence-corrected chi connectivity index (χ2v) is 4.69. The first-order chi connectivity index (χ1) is 4.19. The highest BCUT2D eigenvalue weighted by molar-refractivity contribution is 6.52. The van der Waals surface area contributed by atoms with Gasteiger partial charge >= 0.3 is 0 Å². The van der Waals surface area contributed by atoms with E-state index >= 15 is 0 Å². The summed E-state index contributed by atoms with van der Waals surface area (Å²) in [5.41, 5.74) is 9.51. The van der Waals surface area contributed by atoms with E-state index in [0.29, 0.717) is 0 Å². The van der Waals surface area contributed by atoms with E-state index in [1.165, 1.54) is 6.92 Å². The molecule has 0 aliphatic rings. The number of hydrogen-bond donors (Lipinski definition) is 2. The molecule has 1 unspecified atom stereocenters. The normalized spacial score (nSPS) is 19.2. The van der Waals surface area contributed by atoms with Crippen molar-refractivity contribution in [1.82, 2.24) is 0 Å². The van der Waals surface area contributed by atoms with Gasteiger partial charge in [0.05, 0.1) is 5.54 Å². The van der Waals surface area contributed by atoms with Gasteiger partial charge in [-0.15, -0.1) is 23.2 Å². The Hall–Kier alpha value is 1.08. The average molecular weight is 226 g/mol. The fourth-order valence-electron chi connectivity index (χ4n) is 0.145. The molecule has 0 rings (SSSR count). The minimum Gasteiger partial charge on any atom is -0.319 e. The maximum Gasteiger partial charge on any atom is 0.186 e. The zero-order chi connectivity index (χ0) is 8.58. The molecule has 0 aliphatic carbocycles. The SMILES string of the molecule is CC(N)(C(Cl)Cl)C(N)(Cl)Cl. The Morgan fingerprint density at radius 1 is 1.20 bits per heavy atom. The highest BCUT2D eigenvalue weighted by atomic mass is 35.5. The molecule has 2 nitrogen and oxygen atoms in total. The Morgan fingerprint density at radius 2 is 1.50 bits per heavy atom. The lowest BCUT2D eigenvalue weighted by Crippen LogP contribution is -2.61. The second kappa shape index (κ2) is 3.21. The third-order valence-corrected chi connectivity index (χ3v) is 2.89. The summed E-state index contributed by atoms with van der Waals surface area (Å²) in [6.45, 7) is 1.47. The van der Waals surface area contributed by atoms with Crippen molar-refractivity contribution < 1.29 is 0 Å². The minimum atomic E-state index is -1.62. The number of alkyl halides is 4. The third kappa shape index (κ3) is 2.29. The summed E-state index contributed by atoms with van der Waals surface area (Å²) in [7, 11) is 0. The van der Waals surface area contributed by atoms with E-state index in [4.69, 9.17) is 57.9 Å². The predicted octanol–water partition coefficient (Wildman–Crippen LogP) is 1.60. The Bertz CT molecular complexity index is 117. The molecule has 0 saturated carbocycles. The van der Waals surface area contributed by atoms with Crippen molar-refractivity contribution >= 4 is 46.4 Å². The fraction of sp³-hybridized carbons (Fsp3) is 1.00. The summed E-state index contributed by atoms with van der Waals surface area (Å²) in [5.74, 6) is 0. The second-order valence-electron chi connectivity index (χ2n) is 2.21. The van der Waals surface area contributed by atoms with Crippen LogP contribution in [0.4, 0.5) is 0 Å². The lowest BCUT2D eigenvalue weighted by atomic mass is 10.1. The minimum absolute atomic E-state index is 0.910. The van der Waals surface area contributed by atoms with Crippen molar-refractivity contribution in [1.29, 1.82) is 0 Å². The molecule has 62 valence electrons. The molecular weight excluding hydrogens is 218 g/mol. The largest absolute Gasteiger partial charge is 0.319 e. The van der Waals surface area contributed by atoms with Crippen molar-refractivity contribution in [2.75, 3.05) is 0 Å². The Morgan fingerprint density at radius 3 is 1.50 bits per heavy atom. The van der Waals surface area contributed by atoms with Crippen LogP contribution in [0.5, 0.6) is 0 Å². The summed E-state index contributed by atoms with van der Waals surface area (Å²) >= 11 is 21.8. The van der Waals surface area contributed by atoms with Crippen LogP contribution in [0.15, 0.2) is 0 Å². The van der Waals surface area contributed by atoms with E-state index in [1.54, 1.807) is 0 Å². The van der Waals surface area contributed by atoms with E-state index in [9.17, 15) is 0 Å². The van der Waals surface area contributed by atoms with Gasteiger partial charge in [0.15, 0.2) is 4.46 Å². The van der Waals surface area contributed by atoms with Gasteiger partial charge in [0.1, 0.15) is 4.84 Å². The molecule has 0 amide bonds. The Kier molecular flexibility index (Phi) is 3.56. The van der Waals surface area contributed by atoms with E-state index in [2.05, 4.69) is 0 Å². The maximum absolute atomic E-state index is 5.48. The molecule has 10 heavy (non-hydrogen) atoms. The lowest BCUT2D eigenvalue weighted by Gasteiger charge is -2.34. The van der Waals surface area contributed by atoms with Gasteiger partial charge in [-0.1, -0.05) is 23.2 Å². The summed E-state index contributed by atoms with van der Waals surface area (Å²) in [5, 5.41) is 0. The molecule has 0 heterocycles. The number of hydrogen-bond acceptors (Lipinski definition) is 2. The molecule has 0 saturated heterocycles. The highest BCUT2D eigenvalue weighted by Gasteiger charge is 2.44. The Balaban J connectivity index is 4.40. The van der Waals surface area contributed by atoms with Gasteiger partial charge in [0.2, 0.25) is 0 Å². The van der Waals surface area contributed by atoms with Gasteiger partial charge in [0.25, 0.3) is 0 Å². The quantitative estimate of drug-likeness (QED) is 0.554. The Labute approximate surface area is 79.7 Å². The van der Waals surface area contributed by atoms with E-state index < -0.39 is 14.8 Å². The smallest absolute Gasteiger partial charge is 0.186 e. The molecule has 1 atom stereocenters. The van der Waals surface area contributed by atoms with Crippen LogP contribution >= 0.6 is 46.4 Å². The maximum atomic E-state index is 5.48. The standard InChI is InChI=1S/C4H8Cl4N2/c1-3(9,2(5)6)4(7,8)10/h2H,9-10H2,1H3. The van der Waals surface area contributed by atoms with Gasteiger partial charge in [-0.25, -0.2) is 0 Å². The van der Waals surface area contributed by atoms with Crippen LogP contribution < -0.4 is 11.5 Å². The molecule has 0 spiro atoms. The van der Waals surface area contributed by atoms with Gasteiger partial charge < -0.3 is 5.73 Å². The van der Waals surface area contributed by atoms with Gasteiger partial charge in [-0.05, 0) is 6.92 Å². The molecule has 6 heteroatoms. The van der Waals surface area contributed by atoms with Crippen molar-refractivity contribution in [2.45, 2.75) is 21.8 Å². The van der Waals surface area contributed by atoms with Crippen LogP contribution in [0.2, 0.25) is 0 Å². The first kappa shape index (κ1) is 11.1. The summed E-state index contributed by atoms with van der Waals surface area (Å²) < 4.78 is -1.62. The third-order valence-electron chi connectivity index (χ3n) is 1.17. The number of nitrogens with two attached hydrogens (primary N) is 2. The van der Waals surface area contributed by atoms with Crippen LogP contribution in [0.1, 0.15) is 6.92 Å². The molecule has 0 aromatic heterocycles. The zero-order valence-corrected chi connectivity index (χ0v) is 8.27. The van der Waals surface area contributed by atoms with Gasteiger partial charge in [-0.2, -0.15) is 0 Å². The van der Waals surface area contributed by atoms with Crippen LogP contribution in [0.3, 0.4) is 0 Å². The lowest BCUT2D eigenvalue weighted by molar-refractivity contribution is 0.445. The molecule has 0 fully saturated rings. The molecule has 4 N–H and O–H groups in total. The molecular formula is C4H8Cl4N2.